The van der Waals surface area contributed by atoms with Gasteiger partial charge in [-0.05, 0) is 48.4 Å². The van der Waals surface area contributed by atoms with Crippen LogP contribution in [0.3, 0.4) is 0 Å². The summed E-state index contributed by atoms with van der Waals surface area (Å²) in [6.07, 6.45) is 2.53. The normalized spacial score (nSPS) is 10.8. The van der Waals surface area contributed by atoms with Crippen LogP contribution in [0.2, 0.25) is 10.0 Å². The first-order valence-electron chi connectivity index (χ1n) is 7.19. The molecule has 0 radical (unpaired) electrons. The lowest BCUT2D eigenvalue weighted by Crippen LogP contribution is -1.97. The second-order valence-corrected chi connectivity index (χ2v) is 5.58. The minimum absolute atomic E-state index is 0.469. The third-order valence-corrected chi connectivity index (χ3v) is 3.53. The van der Waals surface area contributed by atoms with E-state index < -0.39 is 0 Å². The maximum atomic E-state index is 6.19. The molecule has 0 fully saturated rings. The average molecular weight is 353 g/mol. The van der Waals surface area contributed by atoms with Crippen LogP contribution in [-0.2, 0) is 0 Å². The Kier molecular flexibility index (Phi) is 6.56. The Morgan fingerprint density at radius 1 is 1.13 bits per heavy atom. The molecule has 0 bridgehead atoms. The van der Waals surface area contributed by atoms with E-state index in [9.17, 15) is 0 Å². The number of nitrogens with zero attached hydrogens (tertiary/aromatic N) is 1. The molecule has 0 atom stereocenters. The summed E-state index contributed by atoms with van der Waals surface area (Å²) in [5.74, 6) is 1.30. The highest BCUT2D eigenvalue weighted by atomic mass is 35.5. The molecule has 1 N–H and O–H groups in total. The molecule has 4 nitrogen and oxygen atoms in total. The molecule has 6 heteroatoms. The summed E-state index contributed by atoms with van der Waals surface area (Å²) < 4.78 is 10.6. The predicted molar refractivity (Wildman–Crippen MR) is 96.5 cm³/mol. The Morgan fingerprint density at radius 3 is 2.35 bits per heavy atom. The number of anilines is 1. The van der Waals surface area contributed by atoms with Crippen molar-refractivity contribution in [2.75, 3.05) is 19.1 Å². The first-order chi connectivity index (χ1) is 11.1. The predicted octanol–water partition coefficient (Wildman–Crippen LogP) is 5.24. The summed E-state index contributed by atoms with van der Waals surface area (Å²) >= 11 is 12.4. The van der Waals surface area contributed by atoms with Gasteiger partial charge in [0.25, 0.3) is 0 Å². The van der Waals surface area contributed by atoms with Crippen molar-refractivity contribution in [3.05, 3.63) is 52.0 Å². The molecule has 2 aromatic carbocycles. The fourth-order valence-electron chi connectivity index (χ4n) is 1.84. The molecule has 0 amide bonds. The zero-order chi connectivity index (χ0) is 16.7. The summed E-state index contributed by atoms with van der Waals surface area (Å²) in [4.78, 5) is 0. The topological polar surface area (TPSA) is 42.8 Å². The number of nitrogens with one attached hydrogen (secondary N) is 1. The Hall–Kier alpha value is -1.91. The highest BCUT2D eigenvalue weighted by Gasteiger charge is 2.08. The van der Waals surface area contributed by atoms with Crippen molar-refractivity contribution in [2.24, 2.45) is 5.10 Å². The van der Waals surface area contributed by atoms with Gasteiger partial charge in [0.15, 0.2) is 5.75 Å². The molecule has 0 saturated heterocycles. The minimum Gasteiger partial charge on any atom is -0.497 e. The molecule has 23 heavy (non-hydrogen) atoms. The summed E-state index contributed by atoms with van der Waals surface area (Å²) in [6.45, 7) is 2.60. The van der Waals surface area contributed by atoms with Crippen LogP contribution >= 0.6 is 23.2 Å². The SMILES string of the molecule is CCCOc1c(Cl)cc(/C=N/Nc2ccc(OC)cc2)cc1Cl. The van der Waals surface area contributed by atoms with Crippen molar-refractivity contribution < 1.29 is 9.47 Å². The maximum absolute atomic E-state index is 6.19. The lowest BCUT2D eigenvalue weighted by Gasteiger charge is -2.09. The van der Waals surface area contributed by atoms with Crippen molar-refractivity contribution in [1.82, 2.24) is 0 Å². The van der Waals surface area contributed by atoms with E-state index in [1.165, 1.54) is 0 Å². The van der Waals surface area contributed by atoms with E-state index in [2.05, 4.69) is 10.5 Å². The van der Waals surface area contributed by atoms with Crippen molar-refractivity contribution in [2.45, 2.75) is 13.3 Å². The van der Waals surface area contributed by atoms with E-state index in [1.54, 1.807) is 25.5 Å². The number of ether oxygens (including phenoxy) is 2. The van der Waals surface area contributed by atoms with Crippen LogP contribution in [0.4, 0.5) is 5.69 Å². The Bertz CT molecular complexity index is 650. The summed E-state index contributed by atoms with van der Waals surface area (Å²) in [5, 5.41) is 5.11. The molecule has 0 saturated carbocycles. The fraction of sp³-hybridized carbons (Fsp3) is 0.235. The smallest absolute Gasteiger partial charge is 0.156 e. The van der Waals surface area contributed by atoms with Crippen molar-refractivity contribution >= 4 is 35.1 Å². The van der Waals surface area contributed by atoms with Gasteiger partial charge < -0.3 is 9.47 Å². The molecular formula is C17H18Cl2N2O2. The van der Waals surface area contributed by atoms with E-state index in [0.717, 1.165) is 23.4 Å². The number of hydrazone groups is 1. The van der Waals surface area contributed by atoms with Crippen LogP contribution in [0.1, 0.15) is 18.9 Å². The highest BCUT2D eigenvalue weighted by Crippen LogP contribution is 2.33. The quantitative estimate of drug-likeness (QED) is 0.547. The average Bonchev–Trinajstić information content (AvgIpc) is 2.55. The summed E-state index contributed by atoms with van der Waals surface area (Å²) in [7, 11) is 1.63. The Morgan fingerprint density at radius 2 is 1.78 bits per heavy atom. The lowest BCUT2D eigenvalue weighted by molar-refractivity contribution is 0.318. The minimum atomic E-state index is 0.469. The van der Waals surface area contributed by atoms with Crippen LogP contribution in [0.25, 0.3) is 0 Å². The first-order valence-corrected chi connectivity index (χ1v) is 7.94. The van der Waals surface area contributed by atoms with Crippen LogP contribution < -0.4 is 14.9 Å². The zero-order valence-corrected chi connectivity index (χ0v) is 14.5. The largest absolute Gasteiger partial charge is 0.497 e. The molecule has 0 aliphatic carbocycles. The molecule has 0 aliphatic rings. The molecule has 122 valence electrons. The lowest BCUT2D eigenvalue weighted by atomic mass is 10.2. The van der Waals surface area contributed by atoms with Crippen LogP contribution in [0.15, 0.2) is 41.5 Å². The number of rotatable bonds is 7. The van der Waals surface area contributed by atoms with E-state index in [-0.39, 0.29) is 0 Å². The van der Waals surface area contributed by atoms with Gasteiger partial charge in [-0.3, -0.25) is 5.43 Å². The number of benzene rings is 2. The van der Waals surface area contributed by atoms with Gasteiger partial charge in [0.2, 0.25) is 0 Å². The number of halogens is 2. The molecule has 2 aromatic rings. The van der Waals surface area contributed by atoms with Gasteiger partial charge in [-0.15, -0.1) is 0 Å². The second kappa shape index (κ2) is 8.65. The third-order valence-electron chi connectivity index (χ3n) is 2.97. The van der Waals surface area contributed by atoms with Crippen molar-refractivity contribution in [1.29, 1.82) is 0 Å². The molecule has 0 heterocycles. The van der Waals surface area contributed by atoms with E-state index in [4.69, 9.17) is 32.7 Å². The second-order valence-electron chi connectivity index (χ2n) is 4.76. The number of hydrogen-bond acceptors (Lipinski definition) is 4. The fourth-order valence-corrected chi connectivity index (χ4v) is 2.46. The van der Waals surface area contributed by atoms with Gasteiger partial charge in [0.1, 0.15) is 5.75 Å². The molecule has 0 aromatic heterocycles. The Balaban J connectivity index is 2.04. The van der Waals surface area contributed by atoms with E-state index in [0.29, 0.717) is 22.4 Å². The highest BCUT2D eigenvalue weighted by molar-refractivity contribution is 6.37. The zero-order valence-electron chi connectivity index (χ0n) is 13.0. The molecule has 2 rings (SSSR count). The summed E-state index contributed by atoms with van der Waals surface area (Å²) in [5.41, 5.74) is 4.56. The standard InChI is InChI=1S/C17H18Cl2N2O2/c1-3-8-23-17-15(18)9-12(10-16(17)19)11-20-21-13-4-6-14(22-2)7-5-13/h4-7,9-11,21H,3,8H2,1-2H3/b20-11+. The van der Waals surface area contributed by atoms with Gasteiger partial charge in [0.05, 0.1) is 35.7 Å². The van der Waals surface area contributed by atoms with Crippen molar-refractivity contribution in [3.8, 4) is 11.5 Å². The molecular weight excluding hydrogens is 335 g/mol. The van der Waals surface area contributed by atoms with Gasteiger partial charge in [-0.2, -0.15) is 5.10 Å². The van der Waals surface area contributed by atoms with Gasteiger partial charge in [-0.1, -0.05) is 30.1 Å². The Labute approximate surface area is 146 Å². The van der Waals surface area contributed by atoms with Gasteiger partial charge in [-0.25, -0.2) is 0 Å². The first kappa shape index (κ1) is 17.4. The van der Waals surface area contributed by atoms with Crippen molar-refractivity contribution in [3.63, 3.8) is 0 Å². The van der Waals surface area contributed by atoms with Crippen LogP contribution in [0.5, 0.6) is 11.5 Å². The van der Waals surface area contributed by atoms with Crippen LogP contribution in [-0.4, -0.2) is 19.9 Å². The molecule has 0 spiro atoms. The molecule has 0 aliphatic heterocycles. The van der Waals surface area contributed by atoms with Gasteiger partial charge >= 0.3 is 0 Å². The number of methoxy groups -OCH3 is 1. The van der Waals surface area contributed by atoms with Crippen LogP contribution in [0, 0.1) is 0 Å². The molecule has 0 unspecified atom stereocenters. The van der Waals surface area contributed by atoms with E-state index >= 15 is 0 Å². The van der Waals surface area contributed by atoms with Gasteiger partial charge in [0, 0.05) is 0 Å². The monoisotopic (exact) mass is 352 g/mol. The van der Waals surface area contributed by atoms with E-state index in [1.807, 2.05) is 31.2 Å². The maximum Gasteiger partial charge on any atom is 0.156 e. The summed E-state index contributed by atoms with van der Waals surface area (Å²) in [6, 6.07) is 11.0. The number of hydrogen-bond donors (Lipinski definition) is 1. The third kappa shape index (κ3) is 5.05.